The van der Waals surface area contributed by atoms with E-state index in [-0.39, 0.29) is 12.3 Å². The molecule has 0 spiro atoms. The fourth-order valence-electron chi connectivity index (χ4n) is 3.64. The third-order valence-corrected chi connectivity index (χ3v) is 6.31. The maximum Gasteiger partial charge on any atom is 0.310 e. The fraction of sp³-hybridized carbons (Fsp3) is 0.529. The summed E-state index contributed by atoms with van der Waals surface area (Å²) in [7, 11) is 0. The molecule has 1 amide bonds. The first-order valence-corrected chi connectivity index (χ1v) is 9.41. The number of anilines is 1. The summed E-state index contributed by atoms with van der Waals surface area (Å²) in [6, 6.07) is 1.98. The number of carbonyl (C=O) groups excluding carboxylic acids is 1. The highest BCUT2D eigenvalue weighted by atomic mass is 32.1. The summed E-state index contributed by atoms with van der Waals surface area (Å²) in [5.74, 6) is 0.0608. The molecule has 7 nitrogen and oxygen atoms in total. The predicted molar refractivity (Wildman–Crippen MR) is 94.7 cm³/mol. The highest BCUT2D eigenvalue weighted by Gasteiger charge is 2.46. The van der Waals surface area contributed by atoms with E-state index in [0.29, 0.717) is 39.0 Å². The van der Waals surface area contributed by atoms with Gasteiger partial charge in [0.1, 0.15) is 12.1 Å². The van der Waals surface area contributed by atoms with Crippen molar-refractivity contribution in [3.63, 3.8) is 0 Å². The standard InChI is InChI=1S/C17H20N4O3S/c22-13(10-17(16(23)24)3-1-4-17)20-5-7-21(8-6-20)15-14-12(2-9-25-14)18-11-19-15/h2,9,11H,1,3-8,10H2,(H,23,24). The van der Waals surface area contributed by atoms with E-state index in [4.69, 9.17) is 0 Å². The van der Waals surface area contributed by atoms with Crippen LogP contribution in [0, 0.1) is 5.41 Å². The lowest BCUT2D eigenvalue weighted by Gasteiger charge is -2.40. The van der Waals surface area contributed by atoms with Crippen molar-refractivity contribution < 1.29 is 14.7 Å². The van der Waals surface area contributed by atoms with Gasteiger partial charge in [-0.3, -0.25) is 9.59 Å². The van der Waals surface area contributed by atoms with Crippen molar-refractivity contribution in [1.82, 2.24) is 14.9 Å². The third kappa shape index (κ3) is 2.84. The molecule has 2 aliphatic rings. The Hall–Kier alpha value is -2.22. The molecule has 1 aliphatic carbocycles. The van der Waals surface area contributed by atoms with Crippen molar-refractivity contribution in [3.8, 4) is 0 Å². The molecule has 0 bridgehead atoms. The second kappa shape index (κ2) is 6.25. The van der Waals surface area contributed by atoms with Crippen LogP contribution in [0.1, 0.15) is 25.7 Å². The number of fused-ring (bicyclic) bond motifs is 1. The number of aliphatic carboxylic acids is 1. The van der Waals surface area contributed by atoms with E-state index in [1.165, 1.54) is 0 Å². The number of carbonyl (C=O) groups is 2. The van der Waals surface area contributed by atoms with E-state index >= 15 is 0 Å². The van der Waals surface area contributed by atoms with E-state index in [9.17, 15) is 14.7 Å². The van der Waals surface area contributed by atoms with E-state index < -0.39 is 11.4 Å². The maximum atomic E-state index is 12.5. The molecule has 3 heterocycles. The number of thiophene rings is 1. The van der Waals surface area contributed by atoms with E-state index in [0.717, 1.165) is 22.5 Å². The summed E-state index contributed by atoms with van der Waals surface area (Å²) < 4.78 is 1.07. The number of piperazine rings is 1. The van der Waals surface area contributed by atoms with Gasteiger partial charge >= 0.3 is 5.97 Å². The van der Waals surface area contributed by atoms with Gasteiger partial charge in [0.2, 0.25) is 5.91 Å². The molecule has 132 valence electrons. The van der Waals surface area contributed by atoms with Crippen molar-refractivity contribution in [1.29, 1.82) is 0 Å². The van der Waals surface area contributed by atoms with Gasteiger partial charge < -0.3 is 14.9 Å². The quantitative estimate of drug-likeness (QED) is 0.897. The minimum Gasteiger partial charge on any atom is -0.481 e. The predicted octanol–water partition coefficient (Wildman–Crippen LogP) is 1.98. The molecular formula is C17H20N4O3S. The summed E-state index contributed by atoms with van der Waals surface area (Å²) in [5.41, 5.74) is 0.131. The average molecular weight is 360 g/mol. The number of amides is 1. The molecule has 0 aromatic carbocycles. The second-order valence-electron chi connectivity index (χ2n) is 6.82. The summed E-state index contributed by atoms with van der Waals surface area (Å²) >= 11 is 1.62. The Labute approximate surface area is 149 Å². The molecule has 0 radical (unpaired) electrons. The van der Waals surface area contributed by atoms with Crippen molar-refractivity contribution in [2.24, 2.45) is 5.41 Å². The van der Waals surface area contributed by atoms with Crippen LogP contribution >= 0.6 is 11.3 Å². The smallest absolute Gasteiger partial charge is 0.310 e. The molecule has 1 saturated carbocycles. The van der Waals surface area contributed by atoms with E-state index in [1.807, 2.05) is 11.4 Å². The van der Waals surface area contributed by atoms with Gasteiger partial charge in [0, 0.05) is 32.6 Å². The van der Waals surface area contributed by atoms with Gasteiger partial charge in [-0.25, -0.2) is 9.97 Å². The van der Waals surface area contributed by atoms with E-state index in [1.54, 1.807) is 22.6 Å². The van der Waals surface area contributed by atoms with Crippen LogP contribution in [0.5, 0.6) is 0 Å². The van der Waals surface area contributed by atoms with Crippen LogP contribution in [-0.4, -0.2) is 58.0 Å². The third-order valence-electron chi connectivity index (χ3n) is 5.41. The summed E-state index contributed by atoms with van der Waals surface area (Å²) in [6.07, 6.45) is 3.84. The summed E-state index contributed by atoms with van der Waals surface area (Å²) in [4.78, 5) is 36.7. The molecule has 0 unspecified atom stereocenters. The molecule has 25 heavy (non-hydrogen) atoms. The van der Waals surface area contributed by atoms with Crippen LogP contribution in [0.2, 0.25) is 0 Å². The Morgan fingerprint density at radius 3 is 2.60 bits per heavy atom. The normalized spacial score (nSPS) is 19.7. The number of hydrogen-bond donors (Lipinski definition) is 1. The first-order chi connectivity index (χ1) is 12.1. The Bertz CT molecular complexity index is 809. The fourth-order valence-corrected chi connectivity index (χ4v) is 4.50. The number of hydrogen-bond acceptors (Lipinski definition) is 6. The second-order valence-corrected chi connectivity index (χ2v) is 7.73. The molecule has 2 fully saturated rings. The van der Waals surface area contributed by atoms with Crippen LogP contribution in [-0.2, 0) is 9.59 Å². The van der Waals surface area contributed by atoms with Crippen LogP contribution < -0.4 is 4.90 Å². The highest BCUT2D eigenvalue weighted by Crippen LogP contribution is 2.44. The molecule has 8 heteroatoms. The van der Waals surface area contributed by atoms with Gasteiger partial charge in [-0.15, -0.1) is 11.3 Å². The monoisotopic (exact) mass is 360 g/mol. The Balaban J connectivity index is 1.41. The van der Waals surface area contributed by atoms with Crippen LogP contribution in [0.4, 0.5) is 5.82 Å². The minimum absolute atomic E-state index is 0.0364. The SMILES string of the molecule is O=C(CC1(C(=O)O)CCC1)N1CCN(c2ncnc3ccsc23)CC1. The van der Waals surface area contributed by atoms with E-state index in [2.05, 4.69) is 14.9 Å². The molecular weight excluding hydrogens is 340 g/mol. The molecule has 0 atom stereocenters. The van der Waals surface area contributed by atoms with Crippen molar-refractivity contribution in [2.75, 3.05) is 31.1 Å². The Morgan fingerprint density at radius 2 is 1.96 bits per heavy atom. The van der Waals surface area contributed by atoms with Gasteiger partial charge in [-0.2, -0.15) is 0 Å². The number of nitrogens with zero attached hydrogens (tertiary/aromatic N) is 4. The van der Waals surface area contributed by atoms with Crippen LogP contribution in [0.3, 0.4) is 0 Å². The number of aromatic nitrogens is 2. The average Bonchev–Trinajstić information content (AvgIpc) is 3.06. The van der Waals surface area contributed by atoms with Crippen molar-refractivity contribution >= 4 is 39.2 Å². The largest absolute Gasteiger partial charge is 0.481 e. The van der Waals surface area contributed by atoms with Gasteiger partial charge in [-0.1, -0.05) is 6.42 Å². The molecule has 2 aromatic rings. The molecule has 1 aliphatic heterocycles. The van der Waals surface area contributed by atoms with Crippen LogP contribution in [0.25, 0.3) is 10.2 Å². The summed E-state index contributed by atoms with van der Waals surface area (Å²) in [6.45, 7) is 2.61. The van der Waals surface area contributed by atoms with Crippen molar-refractivity contribution in [3.05, 3.63) is 17.8 Å². The minimum atomic E-state index is -0.827. The molecule has 1 saturated heterocycles. The Kier molecular flexibility index (Phi) is 4.07. The maximum absolute atomic E-state index is 12.5. The lowest BCUT2D eigenvalue weighted by Crippen LogP contribution is -2.51. The summed E-state index contributed by atoms with van der Waals surface area (Å²) in [5, 5.41) is 11.4. The molecule has 2 aromatic heterocycles. The van der Waals surface area contributed by atoms with Gasteiger partial charge in [-0.05, 0) is 24.3 Å². The molecule has 1 N–H and O–H groups in total. The first kappa shape index (κ1) is 16.3. The zero-order valence-electron chi connectivity index (χ0n) is 13.8. The van der Waals surface area contributed by atoms with Crippen LogP contribution in [0.15, 0.2) is 17.8 Å². The van der Waals surface area contributed by atoms with Gasteiger partial charge in [0.15, 0.2) is 0 Å². The first-order valence-electron chi connectivity index (χ1n) is 8.53. The number of carboxylic acids is 1. The lowest BCUT2D eigenvalue weighted by molar-refractivity contribution is -0.159. The highest BCUT2D eigenvalue weighted by molar-refractivity contribution is 7.17. The topological polar surface area (TPSA) is 86.6 Å². The van der Waals surface area contributed by atoms with Gasteiger partial charge in [0.25, 0.3) is 0 Å². The number of rotatable bonds is 4. The number of carboxylic acid groups (broad SMARTS) is 1. The zero-order chi connectivity index (χ0) is 17.4. The van der Waals surface area contributed by atoms with Crippen molar-refractivity contribution in [2.45, 2.75) is 25.7 Å². The molecule has 4 rings (SSSR count). The van der Waals surface area contributed by atoms with Gasteiger partial charge in [0.05, 0.1) is 15.6 Å². The zero-order valence-corrected chi connectivity index (χ0v) is 14.7. The Morgan fingerprint density at radius 1 is 1.20 bits per heavy atom. The lowest BCUT2D eigenvalue weighted by atomic mass is 9.66.